The summed E-state index contributed by atoms with van der Waals surface area (Å²) in [6, 6.07) is 12.4. The predicted molar refractivity (Wildman–Crippen MR) is 109 cm³/mol. The lowest BCUT2D eigenvalue weighted by Gasteiger charge is -2.33. The van der Waals surface area contributed by atoms with E-state index < -0.39 is 11.6 Å². The molecule has 0 spiro atoms. The molecule has 1 aliphatic heterocycles. The predicted octanol–water partition coefficient (Wildman–Crippen LogP) is 3.31. The largest absolute Gasteiger partial charge is 0.497 e. The second-order valence-electron chi connectivity index (χ2n) is 7.35. The van der Waals surface area contributed by atoms with Crippen LogP contribution in [0, 0.1) is 11.6 Å². The molecular weight excluding hydrogens is 390 g/mol. The molecule has 1 fully saturated rings. The first-order valence-electron chi connectivity index (χ1n) is 9.97. The van der Waals surface area contributed by atoms with Crippen molar-refractivity contribution in [3.05, 3.63) is 71.1 Å². The van der Waals surface area contributed by atoms with E-state index in [1.54, 1.807) is 7.11 Å². The zero-order chi connectivity index (χ0) is 20.9. The maximum atomic E-state index is 13.4. The topological polar surface area (TPSA) is 54.6 Å². The molecule has 0 unspecified atom stereocenters. The number of hydrogen-bond acceptors (Lipinski definition) is 6. The monoisotopic (exact) mass is 414 g/mol. The molecule has 4 rings (SSSR count). The number of halogens is 2. The number of aromatic nitrogens is 2. The molecule has 1 saturated heterocycles. The molecule has 0 radical (unpaired) electrons. The third-order valence-corrected chi connectivity index (χ3v) is 5.30. The minimum absolute atomic E-state index is 0.293. The Kier molecular flexibility index (Phi) is 6.23. The van der Waals surface area contributed by atoms with Gasteiger partial charge in [0.15, 0.2) is 17.5 Å². The van der Waals surface area contributed by atoms with Crippen LogP contribution in [-0.4, -0.2) is 54.9 Å². The first kappa shape index (κ1) is 20.3. The number of hydrogen-bond donors (Lipinski definition) is 0. The average Bonchev–Trinajstić information content (AvgIpc) is 3.24. The Morgan fingerprint density at radius 1 is 1.00 bits per heavy atom. The van der Waals surface area contributed by atoms with Gasteiger partial charge in [0.1, 0.15) is 5.75 Å². The van der Waals surface area contributed by atoms with Gasteiger partial charge < -0.3 is 14.2 Å². The lowest BCUT2D eigenvalue weighted by molar-refractivity contribution is 0.253. The van der Waals surface area contributed by atoms with Gasteiger partial charge in [-0.1, -0.05) is 23.4 Å². The summed E-state index contributed by atoms with van der Waals surface area (Å²) in [5, 5.41) is 3.98. The summed E-state index contributed by atoms with van der Waals surface area (Å²) in [5.41, 5.74) is 1.86. The molecule has 0 saturated carbocycles. The average molecular weight is 414 g/mol. The third-order valence-electron chi connectivity index (χ3n) is 5.30. The zero-order valence-corrected chi connectivity index (χ0v) is 16.9. The van der Waals surface area contributed by atoms with Crippen LogP contribution < -0.4 is 9.64 Å². The number of methoxy groups -OCH3 is 1. The normalized spacial score (nSPS) is 14.8. The molecule has 2 heterocycles. The van der Waals surface area contributed by atoms with E-state index >= 15 is 0 Å². The highest BCUT2D eigenvalue weighted by Gasteiger charge is 2.21. The minimum atomic E-state index is -0.874. The Morgan fingerprint density at radius 3 is 2.60 bits per heavy atom. The van der Waals surface area contributed by atoms with Crippen molar-refractivity contribution >= 4 is 6.01 Å². The van der Waals surface area contributed by atoms with E-state index in [1.165, 1.54) is 11.6 Å². The minimum Gasteiger partial charge on any atom is -0.497 e. The van der Waals surface area contributed by atoms with Crippen LogP contribution in [0.2, 0.25) is 0 Å². The van der Waals surface area contributed by atoms with E-state index in [0.717, 1.165) is 57.0 Å². The molecule has 3 aromatic rings. The Morgan fingerprint density at radius 2 is 1.83 bits per heavy atom. The molecule has 158 valence electrons. The summed E-state index contributed by atoms with van der Waals surface area (Å²) in [5.74, 6) is -0.400. The van der Waals surface area contributed by atoms with Crippen molar-refractivity contribution in [3.8, 4) is 5.75 Å². The van der Waals surface area contributed by atoms with Gasteiger partial charge in [0.05, 0.1) is 7.11 Å². The highest BCUT2D eigenvalue weighted by Crippen LogP contribution is 2.18. The number of benzene rings is 2. The van der Waals surface area contributed by atoms with Crippen molar-refractivity contribution in [2.24, 2.45) is 0 Å². The van der Waals surface area contributed by atoms with Gasteiger partial charge in [-0.15, -0.1) is 0 Å². The molecule has 0 atom stereocenters. The summed E-state index contributed by atoms with van der Waals surface area (Å²) in [4.78, 5) is 8.89. The van der Waals surface area contributed by atoms with Crippen molar-refractivity contribution < 1.29 is 18.0 Å². The molecule has 0 aliphatic carbocycles. The molecular formula is C22H24F2N4O2. The van der Waals surface area contributed by atoms with E-state index in [0.29, 0.717) is 23.8 Å². The zero-order valence-electron chi connectivity index (χ0n) is 16.9. The number of ether oxygens (including phenoxy) is 1. The maximum Gasteiger partial charge on any atom is 0.324 e. The van der Waals surface area contributed by atoms with Gasteiger partial charge in [-0.05, 0) is 41.8 Å². The number of nitrogens with zero attached hydrogens (tertiary/aromatic N) is 4. The smallest absolute Gasteiger partial charge is 0.324 e. The Labute approximate surface area is 174 Å². The van der Waals surface area contributed by atoms with Gasteiger partial charge in [0.2, 0.25) is 0 Å². The van der Waals surface area contributed by atoms with Gasteiger partial charge in [-0.25, -0.2) is 8.78 Å². The van der Waals surface area contributed by atoms with Crippen molar-refractivity contribution in [2.75, 3.05) is 44.7 Å². The Bertz CT molecular complexity index is 987. The van der Waals surface area contributed by atoms with Crippen LogP contribution in [-0.2, 0) is 12.8 Å². The second-order valence-corrected chi connectivity index (χ2v) is 7.35. The first-order valence-corrected chi connectivity index (χ1v) is 9.97. The summed E-state index contributed by atoms with van der Waals surface area (Å²) in [7, 11) is 1.68. The van der Waals surface area contributed by atoms with Crippen LogP contribution in [0.5, 0.6) is 5.75 Å². The molecule has 6 nitrogen and oxygen atoms in total. The lowest BCUT2D eigenvalue weighted by Crippen LogP contribution is -2.47. The van der Waals surface area contributed by atoms with E-state index in [9.17, 15) is 8.78 Å². The standard InChI is InChI=1S/C22H24F2N4O2/c1-29-18-4-2-3-16(13-18)7-8-27-9-11-28(12-10-27)22-25-21(26-30-22)15-17-5-6-19(23)20(24)14-17/h2-6,13-14H,7-12,15H2,1H3. The van der Waals surface area contributed by atoms with Crippen LogP contribution in [0.25, 0.3) is 0 Å². The molecule has 0 bridgehead atoms. The van der Waals surface area contributed by atoms with Gasteiger partial charge in [-0.3, -0.25) is 4.90 Å². The number of rotatable bonds is 7. The second kappa shape index (κ2) is 9.21. The van der Waals surface area contributed by atoms with Crippen LogP contribution >= 0.6 is 0 Å². The molecule has 0 N–H and O–H groups in total. The summed E-state index contributed by atoms with van der Waals surface area (Å²) >= 11 is 0. The number of anilines is 1. The van der Waals surface area contributed by atoms with Gasteiger partial charge in [0.25, 0.3) is 0 Å². The van der Waals surface area contributed by atoms with Crippen molar-refractivity contribution in [1.82, 2.24) is 15.0 Å². The third kappa shape index (κ3) is 4.94. The molecule has 2 aromatic carbocycles. The van der Waals surface area contributed by atoms with Gasteiger partial charge >= 0.3 is 6.01 Å². The van der Waals surface area contributed by atoms with Crippen LogP contribution in [0.15, 0.2) is 47.0 Å². The molecule has 8 heteroatoms. The fraction of sp³-hybridized carbons (Fsp3) is 0.364. The lowest BCUT2D eigenvalue weighted by atomic mass is 10.1. The fourth-order valence-electron chi connectivity index (χ4n) is 3.56. The molecule has 1 aliphatic rings. The van der Waals surface area contributed by atoms with Crippen molar-refractivity contribution in [3.63, 3.8) is 0 Å². The van der Waals surface area contributed by atoms with E-state index in [2.05, 4.69) is 32.1 Å². The van der Waals surface area contributed by atoms with Crippen molar-refractivity contribution in [2.45, 2.75) is 12.8 Å². The fourth-order valence-corrected chi connectivity index (χ4v) is 3.56. The SMILES string of the molecule is COc1cccc(CCN2CCN(c3nc(Cc4ccc(F)c(F)c4)no3)CC2)c1. The molecule has 1 aromatic heterocycles. The summed E-state index contributed by atoms with van der Waals surface area (Å²) in [6.07, 6.45) is 1.26. The summed E-state index contributed by atoms with van der Waals surface area (Å²) < 4.78 is 37.1. The molecule has 0 amide bonds. The highest BCUT2D eigenvalue weighted by molar-refractivity contribution is 5.29. The van der Waals surface area contributed by atoms with Gasteiger partial charge in [0, 0.05) is 39.1 Å². The highest BCUT2D eigenvalue weighted by atomic mass is 19.2. The number of piperazine rings is 1. The van der Waals surface area contributed by atoms with E-state index in [1.807, 2.05) is 12.1 Å². The molecule has 30 heavy (non-hydrogen) atoms. The van der Waals surface area contributed by atoms with Gasteiger partial charge in [-0.2, -0.15) is 4.98 Å². The Balaban J connectivity index is 1.27. The maximum absolute atomic E-state index is 13.4. The van der Waals surface area contributed by atoms with E-state index in [-0.39, 0.29) is 0 Å². The quantitative estimate of drug-likeness (QED) is 0.591. The first-order chi connectivity index (χ1) is 14.6. The Hall–Kier alpha value is -3.00. The van der Waals surface area contributed by atoms with E-state index in [4.69, 9.17) is 9.26 Å². The van der Waals surface area contributed by atoms with Crippen LogP contribution in [0.1, 0.15) is 17.0 Å². The van der Waals surface area contributed by atoms with Crippen LogP contribution in [0.4, 0.5) is 14.8 Å². The van der Waals surface area contributed by atoms with Crippen LogP contribution in [0.3, 0.4) is 0 Å². The summed E-state index contributed by atoms with van der Waals surface area (Å²) in [6.45, 7) is 4.39. The van der Waals surface area contributed by atoms with Crippen molar-refractivity contribution in [1.29, 1.82) is 0 Å².